The lowest BCUT2D eigenvalue weighted by molar-refractivity contribution is -0.130. The molecule has 0 aromatic heterocycles. The van der Waals surface area contributed by atoms with Gasteiger partial charge in [-0.3, -0.25) is 9.59 Å². The lowest BCUT2D eigenvalue weighted by Gasteiger charge is -2.25. The molecule has 1 aromatic carbocycles. The van der Waals surface area contributed by atoms with Crippen molar-refractivity contribution in [2.45, 2.75) is 51.6 Å². The average molecular weight is 317 g/mol. The van der Waals surface area contributed by atoms with E-state index < -0.39 is 0 Å². The molecule has 1 unspecified atom stereocenters. The van der Waals surface area contributed by atoms with Gasteiger partial charge in [0.25, 0.3) is 0 Å². The van der Waals surface area contributed by atoms with Gasteiger partial charge in [0.15, 0.2) is 5.78 Å². The van der Waals surface area contributed by atoms with Crippen LogP contribution in [0.15, 0.2) is 24.3 Å². The van der Waals surface area contributed by atoms with Crippen LogP contribution >= 0.6 is 0 Å². The number of amides is 1. The molecular formula is C19H27NO3. The van der Waals surface area contributed by atoms with Crippen LogP contribution in [0.3, 0.4) is 0 Å². The molecule has 0 N–H and O–H groups in total. The van der Waals surface area contributed by atoms with Crippen molar-refractivity contribution < 1.29 is 14.3 Å². The Morgan fingerprint density at radius 2 is 1.91 bits per heavy atom. The molecule has 23 heavy (non-hydrogen) atoms. The van der Waals surface area contributed by atoms with E-state index in [2.05, 4.69) is 0 Å². The van der Waals surface area contributed by atoms with E-state index >= 15 is 0 Å². The first-order valence-electron chi connectivity index (χ1n) is 8.51. The quantitative estimate of drug-likeness (QED) is 0.724. The molecule has 4 heteroatoms. The van der Waals surface area contributed by atoms with Gasteiger partial charge >= 0.3 is 0 Å². The monoisotopic (exact) mass is 317 g/mol. The van der Waals surface area contributed by atoms with Crippen LogP contribution in [0.2, 0.25) is 0 Å². The summed E-state index contributed by atoms with van der Waals surface area (Å²) >= 11 is 0. The molecule has 1 fully saturated rings. The fourth-order valence-corrected chi connectivity index (χ4v) is 2.79. The molecule has 126 valence electrons. The van der Waals surface area contributed by atoms with Gasteiger partial charge in [-0.05, 0) is 32.6 Å². The predicted molar refractivity (Wildman–Crippen MR) is 90.6 cm³/mol. The zero-order chi connectivity index (χ0) is 16.7. The maximum atomic E-state index is 12.1. The van der Waals surface area contributed by atoms with Crippen molar-refractivity contribution in [1.82, 2.24) is 4.90 Å². The Hall–Kier alpha value is -1.68. The first-order valence-corrected chi connectivity index (χ1v) is 8.51. The van der Waals surface area contributed by atoms with Gasteiger partial charge in [-0.2, -0.15) is 0 Å². The number of hydrogen-bond donors (Lipinski definition) is 0. The van der Waals surface area contributed by atoms with Crippen LogP contribution in [0.4, 0.5) is 0 Å². The highest BCUT2D eigenvalue weighted by molar-refractivity contribution is 5.97. The standard InChI is InChI=1S/C19H27NO3/c1-15-6-8-16(9-7-15)18(21)10-11-19(22)20(2)13-12-17-5-3-4-14-23-17/h6-9,17H,3-5,10-14H2,1-2H3. The van der Waals surface area contributed by atoms with E-state index in [0.29, 0.717) is 12.1 Å². The van der Waals surface area contributed by atoms with Gasteiger partial charge in [0, 0.05) is 38.6 Å². The average Bonchev–Trinajstić information content (AvgIpc) is 2.58. The summed E-state index contributed by atoms with van der Waals surface area (Å²) in [6, 6.07) is 7.50. The van der Waals surface area contributed by atoms with Crippen LogP contribution in [0.25, 0.3) is 0 Å². The van der Waals surface area contributed by atoms with Crippen molar-refractivity contribution in [2.24, 2.45) is 0 Å². The highest BCUT2D eigenvalue weighted by Gasteiger charge is 2.17. The molecule has 1 heterocycles. The zero-order valence-electron chi connectivity index (χ0n) is 14.2. The third-order valence-electron chi connectivity index (χ3n) is 4.43. The summed E-state index contributed by atoms with van der Waals surface area (Å²) in [5.41, 5.74) is 1.81. The molecule has 1 aliphatic rings. The van der Waals surface area contributed by atoms with Crippen LogP contribution in [0, 0.1) is 6.92 Å². The summed E-state index contributed by atoms with van der Waals surface area (Å²) < 4.78 is 5.68. The maximum Gasteiger partial charge on any atom is 0.222 e. The van der Waals surface area contributed by atoms with Gasteiger partial charge in [-0.15, -0.1) is 0 Å². The highest BCUT2D eigenvalue weighted by Crippen LogP contribution is 2.16. The summed E-state index contributed by atoms with van der Waals surface area (Å²) in [5, 5.41) is 0. The number of ketones is 1. The number of carbonyl (C=O) groups excluding carboxylic acids is 2. The molecule has 1 aliphatic heterocycles. The Kier molecular flexibility index (Phi) is 6.78. The van der Waals surface area contributed by atoms with Crippen LogP contribution in [0.1, 0.15) is 54.4 Å². The third-order valence-corrected chi connectivity index (χ3v) is 4.43. The molecule has 0 saturated carbocycles. The van der Waals surface area contributed by atoms with E-state index in [-0.39, 0.29) is 30.6 Å². The van der Waals surface area contributed by atoms with Crippen molar-refractivity contribution in [3.05, 3.63) is 35.4 Å². The smallest absolute Gasteiger partial charge is 0.222 e. The molecule has 1 amide bonds. The number of aryl methyl sites for hydroxylation is 1. The fourth-order valence-electron chi connectivity index (χ4n) is 2.79. The summed E-state index contributed by atoms with van der Waals surface area (Å²) in [6.45, 7) is 3.53. The second kappa shape index (κ2) is 8.82. The lowest BCUT2D eigenvalue weighted by Crippen LogP contribution is -2.31. The third kappa shape index (κ3) is 5.79. The van der Waals surface area contributed by atoms with Gasteiger partial charge in [-0.25, -0.2) is 0 Å². The Morgan fingerprint density at radius 3 is 2.57 bits per heavy atom. The van der Waals surface area contributed by atoms with E-state index in [1.165, 1.54) is 6.42 Å². The minimum absolute atomic E-state index is 0.0290. The molecular weight excluding hydrogens is 290 g/mol. The first kappa shape index (κ1) is 17.7. The number of carbonyl (C=O) groups is 2. The summed E-state index contributed by atoms with van der Waals surface area (Å²) in [4.78, 5) is 26.0. The molecule has 0 bridgehead atoms. The van der Waals surface area contributed by atoms with E-state index in [0.717, 1.165) is 31.4 Å². The van der Waals surface area contributed by atoms with Gasteiger partial charge in [0.1, 0.15) is 0 Å². The highest BCUT2D eigenvalue weighted by atomic mass is 16.5. The number of Topliss-reactive ketones (excluding diaryl/α,β-unsaturated/α-hetero) is 1. The van der Waals surface area contributed by atoms with Crippen LogP contribution in [-0.4, -0.2) is 42.9 Å². The van der Waals surface area contributed by atoms with Crippen molar-refractivity contribution >= 4 is 11.7 Å². The molecule has 2 rings (SSSR count). The number of hydrogen-bond acceptors (Lipinski definition) is 3. The van der Waals surface area contributed by atoms with E-state index in [1.807, 2.05) is 38.2 Å². The van der Waals surface area contributed by atoms with Crippen LogP contribution < -0.4 is 0 Å². The molecule has 0 aliphatic carbocycles. The van der Waals surface area contributed by atoms with Gasteiger partial charge < -0.3 is 9.64 Å². The predicted octanol–water partition coefficient (Wildman–Crippen LogP) is 3.38. The van der Waals surface area contributed by atoms with E-state index in [9.17, 15) is 9.59 Å². The topological polar surface area (TPSA) is 46.6 Å². The van der Waals surface area contributed by atoms with Crippen molar-refractivity contribution in [3.8, 4) is 0 Å². The lowest BCUT2D eigenvalue weighted by atomic mass is 10.0. The summed E-state index contributed by atoms with van der Waals surface area (Å²) in [7, 11) is 1.81. The van der Waals surface area contributed by atoms with Crippen LogP contribution in [0.5, 0.6) is 0 Å². The second-order valence-electron chi connectivity index (χ2n) is 6.38. The van der Waals surface area contributed by atoms with E-state index in [1.54, 1.807) is 4.90 Å². The molecule has 1 atom stereocenters. The second-order valence-corrected chi connectivity index (χ2v) is 6.38. The molecule has 1 saturated heterocycles. The van der Waals surface area contributed by atoms with Crippen molar-refractivity contribution in [2.75, 3.05) is 20.2 Å². The maximum absolute atomic E-state index is 12.1. The number of ether oxygens (including phenoxy) is 1. The Balaban J connectivity index is 1.70. The van der Waals surface area contributed by atoms with Gasteiger partial charge in [0.2, 0.25) is 5.91 Å². The number of benzene rings is 1. The minimum atomic E-state index is 0.0290. The van der Waals surface area contributed by atoms with Crippen molar-refractivity contribution in [3.63, 3.8) is 0 Å². The van der Waals surface area contributed by atoms with Crippen LogP contribution in [-0.2, 0) is 9.53 Å². The van der Waals surface area contributed by atoms with Gasteiger partial charge in [0.05, 0.1) is 6.10 Å². The van der Waals surface area contributed by atoms with E-state index in [4.69, 9.17) is 4.74 Å². The largest absolute Gasteiger partial charge is 0.378 e. The number of rotatable bonds is 7. The Labute approximate surface area is 138 Å². The fraction of sp³-hybridized carbons (Fsp3) is 0.579. The van der Waals surface area contributed by atoms with Crippen molar-refractivity contribution in [1.29, 1.82) is 0 Å². The Bertz CT molecular complexity index is 518. The molecule has 0 spiro atoms. The van der Waals surface area contributed by atoms with Gasteiger partial charge in [-0.1, -0.05) is 29.8 Å². The molecule has 1 aromatic rings. The molecule has 4 nitrogen and oxygen atoms in total. The minimum Gasteiger partial charge on any atom is -0.378 e. The first-order chi connectivity index (χ1) is 11.1. The SMILES string of the molecule is Cc1ccc(C(=O)CCC(=O)N(C)CCC2CCCCO2)cc1. The normalized spacial score (nSPS) is 17.7. The zero-order valence-corrected chi connectivity index (χ0v) is 14.2. The summed E-state index contributed by atoms with van der Waals surface area (Å²) in [6.07, 6.45) is 5.16. The molecule has 0 radical (unpaired) electrons. The summed E-state index contributed by atoms with van der Waals surface area (Å²) in [5.74, 6) is 0.0589. The Morgan fingerprint density at radius 1 is 1.17 bits per heavy atom. The number of nitrogens with zero attached hydrogens (tertiary/aromatic N) is 1.